The summed E-state index contributed by atoms with van der Waals surface area (Å²) in [6, 6.07) is 4.99. The monoisotopic (exact) mass is 235 g/mol. The van der Waals surface area contributed by atoms with Crippen molar-refractivity contribution >= 4 is 5.91 Å². The van der Waals surface area contributed by atoms with Crippen molar-refractivity contribution in [2.75, 3.05) is 6.61 Å². The molecule has 0 radical (unpaired) electrons. The highest BCUT2D eigenvalue weighted by atomic mass is 16.3. The van der Waals surface area contributed by atoms with Crippen molar-refractivity contribution in [2.45, 2.75) is 26.3 Å². The zero-order chi connectivity index (χ0) is 12.8. The number of aliphatic hydroxyl groups excluding tert-OH is 1. The van der Waals surface area contributed by atoms with Crippen molar-refractivity contribution in [3.8, 4) is 6.07 Å². The van der Waals surface area contributed by atoms with E-state index in [9.17, 15) is 4.79 Å². The van der Waals surface area contributed by atoms with E-state index in [-0.39, 0.29) is 24.5 Å². The molecule has 0 saturated heterocycles. The number of aromatic nitrogens is 1. The van der Waals surface area contributed by atoms with E-state index in [1.165, 1.54) is 0 Å². The number of rotatable bonds is 5. The third-order valence-electron chi connectivity index (χ3n) is 2.61. The summed E-state index contributed by atoms with van der Waals surface area (Å²) in [5, 5.41) is 20.4. The van der Waals surface area contributed by atoms with Crippen LogP contribution >= 0.6 is 0 Å². The molecule has 5 nitrogen and oxygen atoms in total. The highest BCUT2D eigenvalue weighted by Gasteiger charge is 2.17. The molecule has 0 aliphatic carbocycles. The Morgan fingerprint density at radius 2 is 2.29 bits per heavy atom. The predicted octanol–water partition coefficient (Wildman–Crippen LogP) is 1.02. The number of aliphatic hydroxyl groups is 1. The molecule has 1 aromatic heterocycles. The van der Waals surface area contributed by atoms with E-state index in [0.717, 1.165) is 0 Å². The Balaban J connectivity index is 2.67. The van der Waals surface area contributed by atoms with Crippen LogP contribution in [-0.4, -0.2) is 28.6 Å². The number of carbonyl (C=O) groups excluding carboxylic acids is 1. The number of aromatic amines is 1. The van der Waals surface area contributed by atoms with Crippen molar-refractivity contribution in [1.82, 2.24) is 10.3 Å². The summed E-state index contributed by atoms with van der Waals surface area (Å²) in [7, 11) is 0. The highest BCUT2D eigenvalue weighted by Crippen LogP contribution is 2.07. The minimum absolute atomic E-state index is 0.0390. The summed E-state index contributed by atoms with van der Waals surface area (Å²) < 4.78 is 0. The Labute approximate surface area is 100 Å². The van der Waals surface area contributed by atoms with Gasteiger partial charge < -0.3 is 15.4 Å². The van der Waals surface area contributed by atoms with Crippen LogP contribution in [0.5, 0.6) is 0 Å². The molecule has 0 aliphatic rings. The average Bonchev–Trinajstić information content (AvgIpc) is 2.76. The van der Waals surface area contributed by atoms with Gasteiger partial charge in [-0.3, -0.25) is 4.79 Å². The van der Waals surface area contributed by atoms with Crippen molar-refractivity contribution in [2.24, 2.45) is 5.92 Å². The molecule has 0 fully saturated rings. The van der Waals surface area contributed by atoms with E-state index in [4.69, 9.17) is 10.4 Å². The summed E-state index contributed by atoms with van der Waals surface area (Å²) in [4.78, 5) is 14.5. The quantitative estimate of drug-likeness (QED) is 0.712. The molecule has 3 N–H and O–H groups in total. The van der Waals surface area contributed by atoms with Crippen LogP contribution in [0.4, 0.5) is 0 Å². The van der Waals surface area contributed by atoms with Gasteiger partial charge in [0.15, 0.2) is 0 Å². The molecule has 0 bridgehead atoms. The molecule has 1 rings (SSSR count). The van der Waals surface area contributed by atoms with E-state index in [0.29, 0.717) is 17.8 Å². The van der Waals surface area contributed by atoms with Crippen LogP contribution in [0.3, 0.4) is 0 Å². The molecule has 0 spiro atoms. The number of carbonyl (C=O) groups is 1. The second-order valence-electron chi connectivity index (χ2n) is 4.23. The summed E-state index contributed by atoms with van der Waals surface area (Å²) in [5.74, 6) is -0.00449. The molecule has 17 heavy (non-hydrogen) atoms. The predicted molar refractivity (Wildman–Crippen MR) is 63.3 cm³/mol. The first-order valence-electron chi connectivity index (χ1n) is 5.59. The van der Waals surface area contributed by atoms with Crippen molar-refractivity contribution in [3.63, 3.8) is 0 Å². The van der Waals surface area contributed by atoms with Gasteiger partial charge in [-0.25, -0.2) is 0 Å². The Morgan fingerprint density at radius 1 is 1.59 bits per heavy atom. The second kappa shape index (κ2) is 6.06. The molecule has 92 valence electrons. The summed E-state index contributed by atoms with van der Waals surface area (Å²) in [5.41, 5.74) is 0.726. The standard InChI is InChI=1S/C12H17N3O2/c1-8(2)10(5-6-16)15-12(17)11-4-3-9(7-13)14-11/h3-4,8,10,14,16H,5-6H2,1-2H3,(H,15,17). The third-order valence-corrected chi connectivity index (χ3v) is 2.61. The minimum Gasteiger partial charge on any atom is -0.396 e. The number of nitrogens with one attached hydrogen (secondary N) is 2. The van der Waals surface area contributed by atoms with Gasteiger partial charge >= 0.3 is 0 Å². The molecule has 0 aromatic carbocycles. The number of amides is 1. The molecule has 1 atom stereocenters. The lowest BCUT2D eigenvalue weighted by atomic mass is 10.0. The fourth-order valence-corrected chi connectivity index (χ4v) is 1.55. The maximum absolute atomic E-state index is 11.8. The Hall–Kier alpha value is -1.80. The van der Waals surface area contributed by atoms with Crippen LogP contribution in [0.25, 0.3) is 0 Å². The van der Waals surface area contributed by atoms with Crippen LogP contribution in [-0.2, 0) is 0 Å². The molecular formula is C12H17N3O2. The maximum atomic E-state index is 11.8. The average molecular weight is 235 g/mol. The number of nitrogens with zero attached hydrogens (tertiary/aromatic N) is 1. The second-order valence-corrected chi connectivity index (χ2v) is 4.23. The molecule has 5 heteroatoms. The summed E-state index contributed by atoms with van der Waals surface area (Å²) in [6.07, 6.45) is 0.523. The lowest BCUT2D eigenvalue weighted by Crippen LogP contribution is -2.39. The van der Waals surface area contributed by atoms with Crippen LogP contribution < -0.4 is 5.32 Å². The van der Waals surface area contributed by atoms with Gasteiger partial charge in [0.25, 0.3) is 5.91 Å². The molecule has 1 aromatic rings. The molecule has 0 aliphatic heterocycles. The number of hydrogen-bond donors (Lipinski definition) is 3. The number of H-pyrrole nitrogens is 1. The molecular weight excluding hydrogens is 218 g/mol. The zero-order valence-electron chi connectivity index (χ0n) is 10.0. The fraction of sp³-hybridized carbons (Fsp3) is 0.500. The van der Waals surface area contributed by atoms with Crippen LogP contribution in [0.1, 0.15) is 36.5 Å². The SMILES string of the molecule is CC(C)C(CCO)NC(=O)c1ccc(C#N)[nH]1. The fourth-order valence-electron chi connectivity index (χ4n) is 1.55. The Bertz CT molecular complexity index is 418. The minimum atomic E-state index is -0.251. The smallest absolute Gasteiger partial charge is 0.267 e. The number of hydrogen-bond acceptors (Lipinski definition) is 3. The topological polar surface area (TPSA) is 88.9 Å². The zero-order valence-corrected chi connectivity index (χ0v) is 10.0. The first-order chi connectivity index (χ1) is 8.08. The Kier molecular flexibility index (Phi) is 4.73. The molecule has 1 unspecified atom stereocenters. The van der Waals surface area contributed by atoms with Gasteiger partial charge in [-0.05, 0) is 24.5 Å². The van der Waals surface area contributed by atoms with Gasteiger partial charge in [0.1, 0.15) is 17.5 Å². The first-order valence-corrected chi connectivity index (χ1v) is 5.59. The van der Waals surface area contributed by atoms with Crippen LogP contribution in [0, 0.1) is 17.2 Å². The van der Waals surface area contributed by atoms with Crippen molar-refractivity contribution < 1.29 is 9.90 Å². The van der Waals surface area contributed by atoms with Crippen LogP contribution in [0.2, 0.25) is 0 Å². The van der Waals surface area contributed by atoms with E-state index in [2.05, 4.69) is 10.3 Å². The van der Waals surface area contributed by atoms with Gasteiger partial charge in [0.2, 0.25) is 0 Å². The van der Waals surface area contributed by atoms with E-state index >= 15 is 0 Å². The number of nitriles is 1. The molecule has 0 saturated carbocycles. The lowest BCUT2D eigenvalue weighted by Gasteiger charge is -2.21. The van der Waals surface area contributed by atoms with Gasteiger partial charge in [0, 0.05) is 12.6 Å². The van der Waals surface area contributed by atoms with E-state index in [1.807, 2.05) is 19.9 Å². The van der Waals surface area contributed by atoms with Crippen LogP contribution in [0.15, 0.2) is 12.1 Å². The van der Waals surface area contributed by atoms with Gasteiger partial charge in [-0.1, -0.05) is 13.8 Å². The normalized spacial score (nSPS) is 12.2. The van der Waals surface area contributed by atoms with Gasteiger partial charge in [-0.15, -0.1) is 0 Å². The van der Waals surface area contributed by atoms with E-state index in [1.54, 1.807) is 12.1 Å². The molecule has 1 heterocycles. The Morgan fingerprint density at radius 3 is 2.76 bits per heavy atom. The molecule has 1 amide bonds. The van der Waals surface area contributed by atoms with E-state index < -0.39 is 0 Å². The highest BCUT2D eigenvalue weighted by molar-refractivity contribution is 5.92. The summed E-state index contributed by atoms with van der Waals surface area (Å²) in [6.45, 7) is 4.00. The lowest BCUT2D eigenvalue weighted by molar-refractivity contribution is 0.0912. The first kappa shape index (κ1) is 13.3. The largest absolute Gasteiger partial charge is 0.396 e. The van der Waals surface area contributed by atoms with Crippen molar-refractivity contribution in [3.05, 3.63) is 23.5 Å². The van der Waals surface area contributed by atoms with Crippen molar-refractivity contribution in [1.29, 1.82) is 5.26 Å². The summed E-state index contributed by atoms with van der Waals surface area (Å²) >= 11 is 0. The van der Waals surface area contributed by atoms with Gasteiger partial charge in [-0.2, -0.15) is 5.26 Å². The maximum Gasteiger partial charge on any atom is 0.267 e. The third kappa shape index (κ3) is 3.61. The van der Waals surface area contributed by atoms with Gasteiger partial charge in [0.05, 0.1) is 0 Å².